The summed E-state index contributed by atoms with van der Waals surface area (Å²) in [6, 6.07) is 17.2. The number of rotatable bonds is 6. The van der Waals surface area contributed by atoms with Crippen molar-refractivity contribution in [2.45, 2.75) is 25.8 Å². The highest BCUT2D eigenvalue weighted by molar-refractivity contribution is 6.02. The van der Waals surface area contributed by atoms with Gasteiger partial charge < -0.3 is 9.73 Å². The lowest BCUT2D eigenvalue weighted by Crippen LogP contribution is -2.29. The van der Waals surface area contributed by atoms with Gasteiger partial charge in [-0.3, -0.25) is 19.8 Å². The normalized spacial score (nSPS) is 14.4. The Balaban J connectivity index is 1.39. The molecule has 1 aliphatic rings. The second-order valence-corrected chi connectivity index (χ2v) is 7.46. The Kier molecular flexibility index (Phi) is 5.90. The van der Waals surface area contributed by atoms with Crippen LogP contribution in [0.2, 0.25) is 0 Å². The molecule has 1 amide bonds. The van der Waals surface area contributed by atoms with Crippen LogP contribution in [0.3, 0.4) is 0 Å². The summed E-state index contributed by atoms with van der Waals surface area (Å²) >= 11 is 0. The first-order valence-electron chi connectivity index (χ1n) is 10.1. The molecule has 0 unspecified atom stereocenters. The van der Waals surface area contributed by atoms with E-state index in [9.17, 15) is 14.9 Å². The number of benzene rings is 2. The summed E-state index contributed by atoms with van der Waals surface area (Å²) in [4.78, 5) is 25.4. The number of hydrogen-bond acceptors (Lipinski definition) is 5. The molecule has 154 valence electrons. The van der Waals surface area contributed by atoms with Gasteiger partial charge in [-0.15, -0.1) is 0 Å². The minimum absolute atomic E-state index is 0.0282. The van der Waals surface area contributed by atoms with Crippen LogP contribution in [0.5, 0.6) is 0 Å². The van der Waals surface area contributed by atoms with Crippen LogP contribution in [0.4, 0.5) is 11.4 Å². The molecule has 4 rings (SSSR count). The third-order valence-electron chi connectivity index (χ3n) is 5.24. The molecule has 7 heteroatoms. The zero-order valence-corrected chi connectivity index (χ0v) is 16.5. The molecule has 0 atom stereocenters. The van der Waals surface area contributed by atoms with E-state index in [4.69, 9.17) is 4.42 Å². The molecule has 1 saturated heterocycles. The van der Waals surface area contributed by atoms with E-state index in [1.54, 1.807) is 24.3 Å². The van der Waals surface area contributed by atoms with Crippen molar-refractivity contribution in [3.63, 3.8) is 0 Å². The highest BCUT2D eigenvalue weighted by Crippen LogP contribution is 2.26. The summed E-state index contributed by atoms with van der Waals surface area (Å²) in [6.07, 6.45) is 3.84. The van der Waals surface area contributed by atoms with E-state index in [1.165, 1.54) is 37.0 Å². The van der Waals surface area contributed by atoms with Gasteiger partial charge in [-0.1, -0.05) is 30.7 Å². The molecule has 0 aliphatic carbocycles. The molecule has 2 heterocycles. The number of carbonyl (C=O) groups is 1. The van der Waals surface area contributed by atoms with Crippen LogP contribution in [0.25, 0.3) is 11.3 Å². The zero-order valence-electron chi connectivity index (χ0n) is 16.5. The van der Waals surface area contributed by atoms with Crippen molar-refractivity contribution in [2.75, 3.05) is 18.4 Å². The number of amides is 1. The Morgan fingerprint density at radius 3 is 2.53 bits per heavy atom. The Bertz CT molecular complexity index is 1040. The molecule has 1 aromatic heterocycles. The maximum absolute atomic E-state index is 12.5. The quantitative estimate of drug-likeness (QED) is 0.456. The highest BCUT2D eigenvalue weighted by Gasteiger charge is 2.15. The van der Waals surface area contributed by atoms with Gasteiger partial charge in [0.15, 0.2) is 5.76 Å². The molecule has 0 spiro atoms. The maximum atomic E-state index is 12.5. The van der Waals surface area contributed by atoms with E-state index in [0.29, 0.717) is 17.0 Å². The first kappa shape index (κ1) is 19.8. The van der Waals surface area contributed by atoms with Crippen LogP contribution in [-0.4, -0.2) is 28.8 Å². The summed E-state index contributed by atoms with van der Waals surface area (Å²) in [5.41, 5.74) is 2.43. The van der Waals surface area contributed by atoms with Crippen LogP contribution in [0.15, 0.2) is 65.1 Å². The maximum Gasteiger partial charge on any atom is 0.291 e. The average Bonchev–Trinajstić information content (AvgIpc) is 3.26. The van der Waals surface area contributed by atoms with Crippen LogP contribution in [-0.2, 0) is 6.54 Å². The van der Waals surface area contributed by atoms with Gasteiger partial charge in [0, 0.05) is 29.9 Å². The Morgan fingerprint density at radius 2 is 1.80 bits per heavy atom. The molecule has 30 heavy (non-hydrogen) atoms. The van der Waals surface area contributed by atoms with E-state index >= 15 is 0 Å². The summed E-state index contributed by atoms with van der Waals surface area (Å²) < 4.78 is 5.62. The SMILES string of the molecule is O=C(Nc1ccc(CN2CCCCC2)cc1)c1ccc(-c2cccc([N+](=O)[O-])c2)o1. The number of carbonyl (C=O) groups excluding carboxylic acids is 1. The zero-order chi connectivity index (χ0) is 20.9. The molecule has 7 nitrogen and oxygen atoms in total. The molecule has 1 N–H and O–H groups in total. The molecule has 0 saturated carbocycles. The lowest BCUT2D eigenvalue weighted by atomic mass is 10.1. The third-order valence-corrected chi connectivity index (χ3v) is 5.24. The van der Waals surface area contributed by atoms with Gasteiger partial charge >= 0.3 is 0 Å². The largest absolute Gasteiger partial charge is 0.451 e. The van der Waals surface area contributed by atoms with Crippen LogP contribution in [0.1, 0.15) is 35.4 Å². The lowest BCUT2D eigenvalue weighted by molar-refractivity contribution is -0.384. The van der Waals surface area contributed by atoms with Crippen molar-refractivity contribution in [2.24, 2.45) is 0 Å². The van der Waals surface area contributed by atoms with Gasteiger partial charge in [-0.25, -0.2) is 0 Å². The lowest BCUT2D eigenvalue weighted by Gasteiger charge is -2.26. The first-order valence-corrected chi connectivity index (χ1v) is 10.1. The van der Waals surface area contributed by atoms with Crippen molar-refractivity contribution in [3.8, 4) is 11.3 Å². The number of nitrogens with zero attached hydrogens (tertiary/aromatic N) is 2. The van der Waals surface area contributed by atoms with Crippen molar-refractivity contribution < 1.29 is 14.1 Å². The predicted molar refractivity (Wildman–Crippen MR) is 114 cm³/mol. The molecule has 1 fully saturated rings. The second kappa shape index (κ2) is 8.92. The number of furan rings is 1. The molecule has 0 radical (unpaired) electrons. The molecule has 2 aromatic carbocycles. The van der Waals surface area contributed by atoms with Gasteiger partial charge in [-0.05, 0) is 55.8 Å². The summed E-state index contributed by atoms with van der Waals surface area (Å²) in [7, 11) is 0. The fourth-order valence-electron chi connectivity index (χ4n) is 3.65. The number of hydrogen-bond donors (Lipinski definition) is 1. The second-order valence-electron chi connectivity index (χ2n) is 7.46. The number of nitro benzene ring substituents is 1. The average molecular weight is 405 g/mol. The van der Waals surface area contributed by atoms with E-state index < -0.39 is 4.92 Å². The summed E-state index contributed by atoms with van der Waals surface area (Å²) in [6.45, 7) is 3.22. The molecule has 1 aliphatic heterocycles. The van der Waals surface area contributed by atoms with Crippen LogP contribution in [0, 0.1) is 10.1 Å². The summed E-state index contributed by atoms with van der Waals surface area (Å²) in [5.74, 6) is 0.185. The molecule has 0 bridgehead atoms. The number of likely N-dealkylation sites (tertiary alicyclic amines) is 1. The minimum atomic E-state index is -0.463. The van der Waals surface area contributed by atoms with Gasteiger partial charge in [0.05, 0.1) is 4.92 Å². The number of anilines is 1. The molecular formula is C23H23N3O4. The Morgan fingerprint density at radius 1 is 1.03 bits per heavy atom. The fourth-order valence-corrected chi connectivity index (χ4v) is 3.65. The first-order chi connectivity index (χ1) is 14.6. The van der Waals surface area contributed by atoms with Gasteiger partial charge in [0.2, 0.25) is 0 Å². The van der Waals surface area contributed by atoms with Gasteiger partial charge in [0.1, 0.15) is 5.76 Å². The van der Waals surface area contributed by atoms with E-state index in [1.807, 2.05) is 24.3 Å². The molecular weight excluding hydrogens is 382 g/mol. The highest BCUT2D eigenvalue weighted by atomic mass is 16.6. The van der Waals surface area contributed by atoms with Crippen molar-refractivity contribution in [3.05, 3.63) is 82.1 Å². The van der Waals surface area contributed by atoms with Gasteiger partial charge in [-0.2, -0.15) is 0 Å². The Hall–Kier alpha value is -3.45. The van der Waals surface area contributed by atoms with E-state index in [0.717, 1.165) is 19.6 Å². The van der Waals surface area contributed by atoms with Crippen molar-refractivity contribution in [1.82, 2.24) is 4.90 Å². The number of piperidine rings is 1. The number of nitro groups is 1. The fraction of sp³-hybridized carbons (Fsp3) is 0.261. The monoisotopic (exact) mass is 405 g/mol. The van der Waals surface area contributed by atoms with E-state index in [-0.39, 0.29) is 17.4 Å². The van der Waals surface area contributed by atoms with Crippen LogP contribution >= 0.6 is 0 Å². The topological polar surface area (TPSA) is 88.6 Å². The smallest absolute Gasteiger partial charge is 0.291 e. The third kappa shape index (κ3) is 4.75. The standard InChI is InChI=1S/C23H23N3O4/c27-23(22-12-11-21(30-22)18-5-4-6-20(15-18)26(28)29)24-19-9-7-17(8-10-19)16-25-13-2-1-3-14-25/h4-12,15H,1-3,13-14,16H2,(H,24,27). The minimum Gasteiger partial charge on any atom is -0.451 e. The van der Waals surface area contributed by atoms with Crippen molar-refractivity contribution in [1.29, 1.82) is 0 Å². The number of nitrogens with one attached hydrogen (secondary N) is 1. The number of non-ortho nitro benzene ring substituents is 1. The van der Waals surface area contributed by atoms with Crippen molar-refractivity contribution >= 4 is 17.3 Å². The molecule has 3 aromatic rings. The van der Waals surface area contributed by atoms with E-state index in [2.05, 4.69) is 10.2 Å². The predicted octanol–water partition coefficient (Wildman–Crippen LogP) is 5.09. The van der Waals surface area contributed by atoms with Crippen LogP contribution < -0.4 is 5.32 Å². The summed E-state index contributed by atoms with van der Waals surface area (Å²) in [5, 5.41) is 13.8. The Labute approximate surface area is 174 Å². The van der Waals surface area contributed by atoms with Gasteiger partial charge in [0.25, 0.3) is 11.6 Å².